The molecule has 1 fully saturated rings. The molecule has 1 atom stereocenters. The molecule has 0 aliphatic heterocycles. The molecule has 1 aromatic carbocycles. The van der Waals surface area contributed by atoms with Gasteiger partial charge >= 0.3 is 0 Å². The van der Waals surface area contributed by atoms with E-state index < -0.39 is 0 Å². The van der Waals surface area contributed by atoms with Crippen LogP contribution < -0.4 is 5.73 Å². The Labute approximate surface area is 131 Å². The zero-order valence-corrected chi connectivity index (χ0v) is 13.6. The van der Waals surface area contributed by atoms with Gasteiger partial charge in [-0.2, -0.15) is 0 Å². The van der Waals surface area contributed by atoms with Crippen LogP contribution in [-0.2, 0) is 11.2 Å². The monoisotopic (exact) mass is 313 g/mol. The molecule has 21 heavy (non-hydrogen) atoms. The first-order valence-corrected chi connectivity index (χ1v) is 8.18. The highest BCUT2D eigenvalue weighted by atomic mass is 35.5. The number of ether oxygens (including phenoxy) is 1. The molecule has 0 bridgehead atoms. The Kier molecular flexibility index (Phi) is 5.64. The van der Waals surface area contributed by atoms with Crippen molar-refractivity contribution in [1.29, 1.82) is 0 Å². The minimum atomic E-state index is -0.323. The second-order valence-electron chi connectivity index (χ2n) is 6.23. The molecule has 4 heteroatoms. The number of nitrogens with two attached hydrogens (primary N) is 1. The summed E-state index contributed by atoms with van der Waals surface area (Å²) in [5, 5.41) is 0.543. The van der Waals surface area contributed by atoms with Gasteiger partial charge in [-0.1, -0.05) is 18.5 Å². The van der Waals surface area contributed by atoms with Crippen molar-refractivity contribution in [2.24, 2.45) is 11.7 Å². The first-order valence-electron chi connectivity index (χ1n) is 7.80. The normalized spacial score (nSPS) is 27.6. The largest absolute Gasteiger partial charge is 0.374 e. The second kappa shape index (κ2) is 7.08. The molecule has 1 aliphatic carbocycles. The molecule has 0 spiro atoms. The summed E-state index contributed by atoms with van der Waals surface area (Å²) in [6, 6.07) is 4.42. The van der Waals surface area contributed by atoms with Crippen LogP contribution in [0.5, 0.6) is 0 Å². The van der Waals surface area contributed by atoms with Gasteiger partial charge in [0.2, 0.25) is 0 Å². The average molecular weight is 314 g/mol. The van der Waals surface area contributed by atoms with Crippen LogP contribution in [0.25, 0.3) is 0 Å². The van der Waals surface area contributed by atoms with Crippen LogP contribution in [0.4, 0.5) is 4.39 Å². The topological polar surface area (TPSA) is 35.2 Å². The zero-order chi connectivity index (χ0) is 15.5. The second-order valence-corrected chi connectivity index (χ2v) is 6.66. The Morgan fingerprint density at radius 3 is 2.71 bits per heavy atom. The van der Waals surface area contributed by atoms with Crippen molar-refractivity contribution in [2.45, 2.75) is 57.6 Å². The van der Waals surface area contributed by atoms with Gasteiger partial charge in [-0.15, -0.1) is 0 Å². The third kappa shape index (κ3) is 3.97. The Bertz CT molecular complexity index is 472. The van der Waals surface area contributed by atoms with Gasteiger partial charge in [0.1, 0.15) is 5.82 Å². The average Bonchev–Trinajstić information content (AvgIpc) is 2.46. The van der Waals surface area contributed by atoms with Crippen molar-refractivity contribution >= 4 is 11.6 Å². The fourth-order valence-electron chi connectivity index (χ4n) is 3.28. The summed E-state index contributed by atoms with van der Waals surface area (Å²) < 4.78 is 20.0. The van der Waals surface area contributed by atoms with Crippen LogP contribution in [0.15, 0.2) is 18.2 Å². The van der Waals surface area contributed by atoms with Crippen molar-refractivity contribution in [3.8, 4) is 0 Å². The van der Waals surface area contributed by atoms with E-state index in [1.807, 2.05) is 6.92 Å². The lowest BCUT2D eigenvalue weighted by Gasteiger charge is -2.43. The molecule has 1 saturated carbocycles. The summed E-state index contributed by atoms with van der Waals surface area (Å²) >= 11 is 5.96. The SMILES string of the molecule is CCOC1(C(N)Cc2cc(Cl)ccc2F)CCC(C)CC1. The first-order chi connectivity index (χ1) is 9.97. The van der Waals surface area contributed by atoms with E-state index in [0.717, 1.165) is 25.7 Å². The van der Waals surface area contributed by atoms with E-state index in [0.29, 0.717) is 29.5 Å². The molecule has 0 saturated heterocycles. The Balaban J connectivity index is 2.15. The standard InChI is InChI=1S/C17H25ClFNO/c1-3-21-17(8-6-12(2)7-9-17)16(20)11-13-10-14(18)4-5-15(13)19/h4-5,10,12,16H,3,6-9,11,20H2,1-2H3. The molecule has 1 aromatic rings. The van der Waals surface area contributed by atoms with Gasteiger partial charge < -0.3 is 10.5 Å². The lowest BCUT2D eigenvalue weighted by Crippen LogP contribution is -2.53. The van der Waals surface area contributed by atoms with Crippen LogP contribution >= 0.6 is 11.6 Å². The lowest BCUT2D eigenvalue weighted by molar-refractivity contribution is -0.0884. The maximum Gasteiger partial charge on any atom is 0.126 e. The van der Waals surface area contributed by atoms with E-state index in [-0.39, 0.29) is 17.5 Å². The highest BCUT2D eigenvalue weighted by Crippen LogP contribution is 2.37. The summed E-state index contributed by atoms with van der Waals surface area (Å²) in [4.78, 5) is 0. The molecule has 1 aliphatic rings. The van der Waals surface area contributed by atoms with Crippen LogP contribution in [0.2, 0.25) is 5.02 Å². The molecule has 0 aromatic heterocycles. The Morgan fingerprint density at radius 2 is 2.10 bits per heavy atom. The van der Waals surface area contributed by atoms with Crippen LogP contribution in [0.1, 0.15) is 45.1 Å². The molecule has 0 amide bonds. The number of hydrogen-bond donors (Lipinski definition) is 1. The van der Waals surface area contributed by atoms with E-state index >= 15 is 0 Å². The summed E-state index contributed by atoms with van der Waals surface area (Å²) in [5.41, 5.74) is 6.68. The Hall–Kier alpha value is -0.640. The molecule has 2 rings (SSSR count). The lowest BCUT2D eigenvalue weighted by atomic mass is 9.74. The third-order valence-electron chi connectivity index (χ3n) is 4.68. The number of rotatable bonds is 5. The zero-order valence-electron chi connectivity index (χ0n) is 12.9. The molecule has 2 nitrogen and oxygen atoms in total. The molecule has 1 unspecified atom stereocenters. The van der Waals surface area contributed by atoms with Crippen LogP contribution in [-0.4, -0.2) is 18.2 Å². The van der Waals surface area contributed by atoms with Crippen molar-refractivity contribution in [2.75, 3.05) is 6.61 Å². The van der Waals surface area contributed by atoms with Gasteiger partial charge in [0, 0.05) is 17.7 Å². The summed E-state index contributed by atoms with van der Waals surface area (Å²) in [6.45, 7) is 4.89. The number of benzene rings is 1. The highest BCUT2D eigenvalue weighted by molar-refractivity contribution is 6.30. The Morgan fingerprint density at radius 1 is 1.43 bits per heavy atom. The summed E-state index contributed by atoms with van der Waals surface area (Å²) in [5.74, 6) is 0.472. The maximum absolute atomic E-state index is 13.9. The van der Waals surface area contributed by atoms with Crippen molar-refractivity contribution < 1.29 is 9.13 Å². The van der Waals surface area contributed by atoms with E-state index in [9.17, 15) is 4.39 Å². The smallest absolute Gasteiger partial charge is 0.126 e. The van der Waals surface area contributed by atoms with E-state index in [1.54, 1.807) is 12.1 Å². The van der Waals surface area contributed by atoms with Gasteiger partial charge in [0.05, 0.1) is 5.60 Å². The van der Waals surface area contributed by atoms with E-state index in [4.69, 9.17) is 22.1 Å². The maximum atomic E-state index is 13.9. The predicted molar refractivity (Wildman–Crippen MR) is 85.1 cm³/mol. The van der Waals surface area contributed by atoms with Gasteiger partial charge in [-0.05, 0) is 68.7 Å². The first kappa shape index (κ1) is 16.7. The molecule has 118 valence electrons. The van der Waals surface area contributed by atoms with Gasteiger partial charge in [0.15, 0.2) is 0 Å². The minimum Gasteiger partial charge on any atom is -0.374 e. The predicted octanol–water partition coefficient (Wildman–Crippen LogP) is 4.33. The van der Waals surface area contributed by atoms with Gasteiger partial charge in [-0.3, -0.25) is 0 Å². The number of halogens is 2. The quantitative estimate of drug-likeness (QED) is 0.878. The van der Waals surface area contributed by atoms with Crippen LogP contribution in [0.3, 0.4) is 0 Å². The van der Waals surface area contributed by atoms with E-state index in [1.165, 1.54) is 6.07 Å². The molecular weight excluding hydrogens is 289 g/mol. The molecule has 2 N–H and O–H groups in total. The molecule has 0 radical (unpaired) electrons. The fraction of sp³-hybridized carbons (Fsp3) is 0.647. The highest BCUT2D eigenvalue weighted by Gasteiger charge is 2.40. The summed E-state index contributed by atoms with van der Waals surface area (Å²) in [6.07, 6.45) is 4.59. The van der Waals surface area contributed by atoms with Crippen molar-refractivity contribution in [3.63, 3.8) is 0 Å². The molecule has 0 heterocycles. The van der Waals surface area contributed by atoms with Crippen molar-refractivity contribution in [1.82, 2.24) is 0 Å². The minimum absolute atomic E-state index is 0.210. The van der Waals surface area contributed by atoms with Crippen LogP contribution in [0, 0.1) is 11.7 Å². The van der Waals surface area contributed by atoms with Gasteiger partial charge in [0.25, 0.3) is 0 Å². The summed E-state index contributed by atoms with van der Waals surface area (Å²) in [7, 11) is 0. The van der Waals surface area contributed by atoms with Crippen molar-refractivity contribution in [3.05, 3.63) is 34.6 Å². The number of hydrogen-bond acceptors (Lipinski definition) is 2. The van der Waals surface area contributed by atoms with Gasteiger partial charge in [-0.25, -0.2) is 4.39 Å². The third-order valence-corrected chi connectivity index (χ3v) is 4.91. The fourth-order valence-corrected chi connectivity index (χ4v) is 3.48. The molecular formula is C17H25ClFNO. The van der Waals surface area contributed by atoms with E-state index in [2.05, 4.69) is 6.92 Å².